The van der Waals surface area contributed by atoms with Gasteiger partial charge in [-0.2, -0.15) is 0 Å². The molecule has 38 heavy (non-hydrogen) atoms. The van der Waals surface area contributed by atoms with Gasteiger partial charge in [0.05, 0.1) is 23.2 Å². The minimum absolute atomic E-state index is 0.0839. The highest BCUT2D eigenvalue weighted by Crippen LogP contribution is 2.32. The van der Waals surface area contributed by atoms with Crippen LogP contribution in [0.15, 0.2) is 59.1 Å². The third kappa shape index (κ3) is 7.32. The van der Waals surface area contributed by atoms with Gasteiger partial charge in [0.25, 0.3) is 5.69 Å². The van der Waals surface area contributed by atoms with Crippen molar-refractivity contribution in [3.05, 3.63) is 90.9 Å². The van der Waals surface area contributed by atoms with Gasteiger partial charge in [-0.3, -0.25) is 14.9 Å². The van der Waals surface area contributed by atoms with Gasteiger partial charge in [-0.25, -0.2) is 0 Å². The van der Waals surface area contributed by atoms with E-state index in [0.717, 1.165) is 37.9 Å². The van der Waals surface area contributed by atoms with Crippen molar-refractivity contribution in [1.82, 2.24) is 0 Å². The van der Waals surface area contributed by atoms with Gasteiger partial charge in [0, 0.05) is 40.4 Å². The van der Waals surface area contributed by atoms with Crippen molar-refractivity contribution < 1.29 is 23.9 Å². The number of nitrogens with zero attached hydrogens (tertiary/aromatic N) is 1. The molecule has 1 aliphatic heterocycles. The van der Waals surface area contributed by atoms with Crippen LogP contribution < -0.4 is 10.1 Å². The van der Waals surface area contributed by atoms with Crippen LogP contribution in [0.5, 0.6) is 5.75 Å². The lowest BCUT2D eigenvalue weighted by atomic mass is 9.98. The largest absolute Gasteiger partial charge is 0.493 e. The average Bonchev–Trinajstić information content (AvgIpc) is 2.90. The number of rotatable bonds is 11. The second-order valence-corrected chi connectivity index (χ2v) is 10.2. The van der Waals surface area contributed by atoms with Crippen LogP contribution in [0, 0.1) is 17.0 Å². The summed E-state index contributed by atoms with van der Waals surface area (Å²) in [5.41, 5.74) is 2.37. The molecule has 3 aromatic carbocycles. The molecule has 200 valence electrons. The smallest absolute Gasteiger partial charge is 0.293 e. The number of nitrogens with one attached hydrogen (secondary N) is 1. The molecule has 0 bridgehead atoms. The monoisotopic (exact) mass is 602 g/mol. The summed E-state index contributed by atoms with van der Waals surface area (Å²) < 4.78 is 17.7. The number of nitro benzene ring substituents is 1. The number of hydrogen-bond donors (Lipinski definition) is 1. The fourth-order valence-electron chi connectivity index (χ4n) is 4.13. The zero-order valence-corrected chi connectivity index (χ0v) is 23.2. The Balaban J connectivity index is 1.36. The third-order valence-electron chi connectivity index (χ3n) is 6.09. The van der Waals surface area contributed by atoms with Crippen molar-refractivity contribution in [2.24, 2.45) is 0 Å². The van der Waals surface area contributed by atoms with Crippen molar-refractivity contribution in [3.8, 4) is 5.75 Å². The highest BCUT2D eigenvalue weighted by molar-refractivity contribution is 9.10. The molecule has 3 aromatic rings. The highest BCUT2D eigenvalue weighted by atomic mass is 79.9. The zero-order valence-electron chi connectivity index (χ0n) is 20.9. The number of carbonyl (C=O) groups excluding carboxylic acids is 1. The summed E-state index contributed by atoms with van der Waals surface area (Å²) in [4.78, 5) is 24.2. The number of aryl methyl sites for hydroxylation is 1. The number of benzene rings is 3. The topological polar surface area (TPSA) is 99.9 Å². The van der Waals surface area contributed by atoms with E-state index in [4.69, 9.17) is 25.8 Å². The van der Waals surface area contributed by atoms with Crippen LogP contribution >= 0.6 is 27.5 Å². The first-order valence-corrected chi connectivity index (χ1v) is 13.5. The maximum Gasteiger partial charge on any atom is 0.293 e. The number of halogens is 2. The van der Waals surface area contributed by atoms with Crippen LogP contribution in [0.1, 0.15) is 47.2 Å². The molecule has 8 nitrogen and oxygen atoms in total. The van der Waals surface area contributed by atoms with Crippen molar-refractivity contribution in [2.75, 3.05) is 25.1 Å². The van der Waals surface area contributed by atoms with Crippen molar-refractivity contribution in [2.45, 2.75) is 38.9 Å². The van der Waals surface area contributed by atoms with Crippen LogP contribution in [0.4, 0.5) is 17.1 Å². The fourth-order valence-corrected chi connectivity index (χ4v) is 4.74. The lowest BCUT2D eigenvalue weighted by molar-refractivity contribution is -0.384. The lowest BCUT2D eigenvalue weighted by Crippen LogP contribution is -2.23. The predicted octanol–water partition coefficient (Wildman–Crippen LogP) is 7.61. The summed E-state index contributed by atoms with van der Waals surface area (Å²) in [5.74, 6) is 0.454. The van der Waals surface area contributed by atoms with Crippen molar-refractivity contribution in [3.63, 3.8) is 0 Å². The first kappa shape index (κ1) is 28.0. The maximum absolute atomic E-state index is 13.2. The van der Waals surface area contributed by atoms with Crippen LogP contribution in [0.2, 0.25) is 5.02 Å². The zero-order chi connectivity index (χ0) is 27.1. The van der Waals surface area contributed by atoms with Gasteiger partial charge in [-0.05, 0) is 80.3 Å². The Morgan fingerprint density at radius 3 is 2.66 bits per heavy atom. The van der Waals surface area contributed by atoms with Crippen LogP contribution in [-0.4, -0.2) is 36.8 Å². The summed E-state index contributed by atoms with van der Waals surface area (Å²) in [6.07, 6.45) is 3.79. The molecule has 0 radical (unpaired) electrons. The van der Waals surface area contributed by atoms with Crippen LogP contribution in [0.3, 0.4) is 0 Å². The Bertz CT molecular complexity index is 1310. The number of carbonyl (C=O) groups is 1. The molecule has 1 atom stereocenters. The molecule has 1 N–H and O–H groups in total. The van der Waals surface area contributed by atoms with E-state index in [1.165, 1.54) is 6.07 Å². The molecule has 1 unspecified atom stereocenters. The van der Waals surface area contributed by atoms with Gasteiger partial charge in [0.2, 0.25) is 0 Å². The number of ether oxygens (including phenoxy) is 3. The molecular formula is C28H28BrClN2O6. The molecule has 4 rings (SSSR count). The molecule has 0 aromatic heterocycles. The van der Waals surface area contributed by atoms with Gasteiger partial charge >= 0.3 is 0 Å². The Kier molecular flexibility index (Phi) is 9.74. The number of nitro groups is 1. The molecule has 0 aliphatic carbocycles. The molecule has 1 fully saturated rings. The molecule has 0 amide bonds. The summed E-state index contributed by atoms with van der Waals surface area (Å²) in [7, 11) is 0. The normalized spacial score (nSPS) is 15.2. The quantitative estimate of drug-likeness (QED) is 0.104. The van der Waals surface area contributed by atoms with E-state index in [-0.39, 0.29) is 22.8 Å². The summed E-state index contributed by atoms with van der Waals surface area (Å²) in [6, 6.07) is 14.9. The molecule has 1 saturated heterocycles. The molecule has 0 spiro atoms. The van der Waals surface area contributed by atoms with E-state index in [1.807, 2.05) is 13.0 Å². The van der Waals surface area contributed by atoms with E-state index >= 15 is 0 Å². The number of hydrogen-bond acceptors (Lipinski definition) is 7. The first-order valence-electron chi connectivity index (χ1n) is 12.3. The molecule has 1 heterocycles. The van der Waals surface area contributed by atoms with Gasteiger partial charge < -0.3 is 19.5 Å². The van der Waals surface area contributed by atoms with E-state index in [9.17, 15) is 14.9 Å². The minimum atomic E-state index is -0.469. The summed E-state index contributed by atoms with van der Waals surface area (Å²) in [5, 5.41) is 14.6. The van der Waals surface area contributed by atoms with Gasteiger partial charge in [0.1, 0.15) is 11.4 Å². The highest BCUT2D eigenvalue weighted by Gasteiger charge is 2.18. The Labute approximate surface area is 234 Å². The molecular weight excluding hydrogens is 576 g/mol. The Hall–Kier alpha value is -2.98. The Morgan fingerprint density at radius 2 is 1.95 bits per heavy atom. The SMILES string of the molecule is Cc1cc(OCCCOC2CCCCO2)ccc1C(=O)c1ccc(Nc2ccc(Br)cc2[N+](=O)[O-])cc1Cl. The van der Waals surface area contributed by atoms with Crippen LogP contribution in [0.25, 0.3) is 0 Å². The number of ketones is 1. The van der Waals surface area contributed by atoms with E-state index in [1.54, 1.807) is 42.5 Å². The Morgan fingerprint density at radius 1 is 1.13 bits per heavy atom. The minimum Gasteiger partial charge on any atom is -0.493 e. The summed E-state index contributed by atoms with van der Waals surface area (Å²) >= 11 is 9.70. The maximum atomic E-state index is 13.2. The van der Waals surface area contributed by atoms with Crippen molar-refractivity contribution >= 4 is 50.4 Å². The molecule has 1 aliphatic rings. The average molecular weight is 604 g/mol. The number of anilines is 2. The lowest BCUT2D eigenvalue weighted by Gasteiger charge is -2.22. The van der Waals surface area contributed by atoms with E-state index < -0.39 is 4.92 Å². The third-order valence-corrected chi connectivity index (χ3v) is 6.90. The van der Waals surface area contributed by atoms with Crippen LogP contribution in [-0.2, 0) is 9.47 Å². The second-order valence-electron chi connectivity index (χ2n) is 8.91. The van der Waals surface area contributed by atoms with Gasteiger partial charge in [0.15, 0.2) is 12.1 Å². The standard InChI is InChI=1S/C28H28BrClN2O6/c1-18-15-21(36-13-4-14-38-27-5-2-3-12-37-27)8-10-22(18)28(33)23-9-7-20(17-24(23)30)31-25-11-6-19(29)16-26(25)32(34)35/h6-11,15-17,27,31H,2-5,12-14H2,1H3. The van der Waals surface area contributed by atoms with E-state index in [0.29, 0.717) is 45.9 Å². The predicted molar refractivity (Wildman–Crippen MR) is 150 cm³/mol. The van der Waals surface area contributed by atoms with E-state index in [2.05, 4.69) is 21.2 Å². The molecule has 10 heteroatoms. The second kappa shape index (κ2) is 13.2. The summed E-state index contributed by atoms with van der Waals surface area (Å²) in [6.45, 7) is 3.67. The first-order chi connectivity index (χ1) is 18.3. The van der Waals surface area contributed by atoms with Gasteiger partial charge in [-0.1, -0.05) is 27.5 Å². The fraction of sp³-hybridized carbons (Fsp3) is 0.321. The molecule has 0 saturated carbocycles. The van der Waals surface area contributed by atoms with Gasteiger partial charge in [-0.15, -0.1) is 0 Å². The van der Waals surface area contributed by atoms with Crippen molar-refractivity contribution in [1.29, 1.82) is 0 Å².